The molecular formula is C42H42NP3. The summed E-state index contributed by atoms with van der Waals surface area (Å²) < 4.78 is 0. The van der Waals surface area contributed by atoms with Gasteiger partial charge in [0.2, 0.25) is 0 Å². The van der Waals surface area contributed by atoms with Gasteiger partial charge in [-0.2, -0.15) is 0 Å². The summed E-state index contributed by atoms with van der Waals surface area (Å²) in [7, 11) is -1.33. The van der Waals surface area contributed by atoms with E-state index in [2.05, 4.69) is 187 Å². The topological polar surface area (TPSA) is 3.24 Å². The van der Waals surface area contributed by atoms with Gasteiger partial charge in [0.15, 0.2) is 0 Å². The standard InChI is InChI=1S/C42H42NP3/c1-7-19-37(20-8-1)44(38-21-9-2-10-22-38)34-31-43(32-35-45(39-23-11-3-12-24-39)40-25-13-4-14-26-40)33-36-46(41-27-15-5-16-28-41)42-29-17-6-18-30-42/h1-30H,31-36H2. The monoisotopic (exact) mass is 653 g/mol. The average Bonchev–Trinajstić information content (AvgIpc) is 3.14. The van der Waals surface area contributed by atoms with Crippen LogP contribution in [0.4, 0.5) is 0 Å². The molecule has 6 aromatic carbocycles. The highest BCUT2D eigenvalue weighted by Gasteiger charge is 2.21. The van der Waals surface area contributed by atoms with Crippen LogP contribution in [0.25, 0.3) is 0 Å². The fourth-order valence-electron chi connectivity index (χ4n) is 5.93. The fourth-order valence-corrected chi connectivity index (χ4v) is 13.0. The first-order valence-corrected chi connectivity index (χ1v) is 20.8. The van der Waals surface area contributed by atoms with E-state index < -0.39 is 23.8 Å². The summed E-state index contributed by atoms with van der Waals surface area (Å²) >= 11 is 0. The molecule has 0 aliphatic carbocycles. The van der Waals surface area contributed by atoms with Crippen molar-refractivity contribution in [1.82, 2.24) is 4.90 Å². The van der Waals surface area contributed by atoms with Gasteiger partial charge < -0.3 is 4.90 Å². The first-order chi connectivity index (χ1) is 22.8. The molecule has 6 aromatic rings. The Kier molecular flexibility index (Phi) is 12.4. The van der Waals surface area contributed by atoms with Gasteiger partial charge in [-0.05, 0) is 74.1 Å². The smallest absolute Gasteiger partial charge is 0.00270 e. The van der Waals surface area contributed by atoms with Gasteiger partial charge >= 0.3 is 0 Å². The summed E-state index contributed by atoms with van der Waals surface area (Å²) in [4.78, 5) is 2.80. The Balaban J connectivity index is 1.27. The molecule has 0 atom stereocenters. The maximum atomic E-state index is 2.80. The molecule has 0 saturated carbocycles. The number of nitrogens with zero attached hydrogens (tertiary/aromatic N) is 1. The maximum absolute atomic E-state index is 2.80. The lowest BCUT2D eigenvalue weighted by molar-refractivity contribution is 0.328. The Morgan fingerprint density at radius 3 is 0.609 bits per heavy atom. The molecule has 0 fully saturated rings. The van der Waals surface area contributed by atoms with Crippen molar-refractivity contribution in [3.05, 3.63) is 182 Å². The lowest BCUT2D eigenvalue weighted by atomic mass is 10.4. The van der Waals surface area contributed by atoms with Crippen LogP contribution < -0.4 is 31.8 Å². The van der Waals surface area contributed by atoms with E-state index in [0.29, 0.717) is 0 Å². The largest absolute Gasteiger partial charge is 0.302 e. The summed E-state index contributed by atoms with van der Waals surface area (Å²) in [6, 6.07) is 67.2. The molecule has 0 spiro atoms. The number of rotatable bonds is 15. The molecule has 0 radical (unpaired) electrons. The lowest BCUT2D eigenvalue weighted by Gasteiger charge is -2.30. The molecule has 46 heavy (non-hydrogen) atoms. The van der Waals surface area contributed by atoms with Crippen LogP contribution in [-0.4, -0.2) is 43.0 Å². The summed E-state index contributed by atoms with van der Waals surface area (Å²) in [6.07, 6.45) is 3.48. The molecule has 230 valence electrons. The summed E-state index contributed by atoms with van der Waals surface area (Å²) in [6.45, 7) is 3.28. The van der Waals surface area contributed by atoms with Gasteiger partial charge in [-0.15, -0.1) is 0 Å². The fraction of sp³-hybridized carbons (Fsp3) is 0.143. The Labute approximate surface area is 279 Å². The van der Waals surface area contributed by atoms with Crippen molar-refractivity contribution in [3.8, 4) is 0 Å². The van der Waals surface area contributed by atoms with Crippen LogP contribution in [0.15, 0.2) is 182 Å². The third-order valence-corrected chi connectivity index (χ3v) is 15.8. The second-order valence-electron chi connectivity index (χ2n) is 11.3. The summed E-state index contributed by atoms with van der Waals surface area (Å²) in [5.74, 6) is 0. The van der Waals surface area contributed by atoms with Gasteiger partial charge in [0, 0.05) is 19.6 Å². The Hall–Kier alpha value is -3.43. The Morgan fingerprint density at radius 2 is 0.435 bits per heavy atom. The molecule has 0 heterocycles. The Bertz CT molecular complexity index is 1360. The van der Waals surface area contributed by atoms with Crippen LogP contribution in [0.1, 0.15) is 0 Å². The van der Waals surface area contributed by atoms with Crippen molar-refractivity contribution < 1.29 is 0 Å². The molecule has 0 amide bonds. The molecular weight excluding hydrogens is 611 g/mol. The second-order valence-corrected chi connectivity index (χ2v) is 18.3. The van der Waals surface area contributed by atoms with Gasteiger partial charge in [-0.1, -0.05) is 182 Å². The van der Waals surface area contributed by atoms with Gasteiger partial charge in [-0.25, -0.2) is 0 Å². The number of benzene rings is 6. The molecule has 0 aliphatic heterocycles. The van der Waals surface area contributed by atoms with Crippen LogP contribution in [0, 0.1) is 0 Å². The number of hydrogen-bond acceptors (Lipinski definition) is 1. The first-order valence-electron chi connectivity index (χ1n) is 16.2. The van der Waals surface area contributed by atoms with E-state index in [1.165, 1.54) is 31.8 Å². The Morgan fingerprint density at radius 1 is 0.261 bits per heavy atom. The highest BCUT2D eigenvalue weighted by atomic mass is 31.1. The molecule has 0 aromatic heterocycles. The van der Waals surface area contributed by atoms with Crippen molar-refractivity contribution >= 4 is 55.6 Å². The third kappa shape index (κ3) is 9.10. The predicted molar refractivity (Wildman–Crippen MR) is 208 cm³/mol. The number of hydrogen-bond donors (Lipinski definition) is 0. The van der Waals surface area contributed by atoms with Gasteiger partial charge in [0.05, 0.1) is 0 Å². The molecule has 0 saturated heterocycles. The molecule has 0 aliphatic rings. The van der Waals surface area contributed by atoms with Crippen LogP contribution in [0.5, 0.6) is 0 Å². The van der Waals surface area contributed by atoms with E-state index in [4.69, 9.17) is 0 Å². The van der Waals surface area contributed by atoms with Crippen molar-refractivity contribution in [2.24, 2.45) is 0 Å². The van der Waals surface area contributed by atoms with Crippen molar-refractivity contribution in [2.75, 3.05) is 38.1 Å². The normalized spacial score (nSPS) is 11.5. The van der Waals surface area contributed by atoms with Gasteiger partial charge in [-0.3, -0.25) is 0 Å². The average molecular weight is 654 g/mol. The minimum absolute atomic E-state index is 0.442. The highest BCUT2D eigenvalue weighted by Crippen LogP contribution is 2.37. The van der Waals surface area contributed by atoms with Crippen molar-refractivity contribution in [3.63, 3.8) is 0 Å². The summed E-state index contributed by atoms with van der Waals surface area (Å²) in [5.41, 5.74) is 0. The van der Waals surface area contributed by atoms with Gasteiger partial charge in [0.25, 0.3) is 0 Å². The third-order valence-electron chi connectivity index (χ3n) is 8.33. The van der Waals surface area contributed by atoms with E-state index >= 15 is 0 Å². The highest BCUT2D eigenvalue weighted by molar-refractivity contribution is 7.73. The molecule has 4 heteroatoms. The molecule has 6 rings (SSSR count). The summed E-state index contributed by atoms with van der Waals surface area (Å²) in [5, 5.41) is 8.81. The van der Waals surface area contributed by atoms with E-state index in [-0.39, 0.29) is 0 Å². The van der Waals surface area contributed by atoms with Gasteiger partial charge in [0.1, 0.15) is 0 Å². The van der Waals surface area contributed by atoms with E-state index in [1.54, 1.807) is 0 Å². The van der Waals surface area contributed by atoms with Crippen molar-refractivity contribution in [1.29, 1.82) is 0 Å². The minimum atomic E-state index is -0.442. The SMILES string of the molecule is c1ccc(P(CCN(CCP(c2ccccc2)c2ccccc2)CCP(c2ccccc2)c2ccccc2)c2ccccc2)cc1. The maximum Gasteiger partial charge on any atom is 0.00270 e. The van der Waals surface area contributed by atoms with Crippen LogP contribution in [-0.2, 0) is 0 Å². The molecule has 1 nitrogen and oxygen atoms in total. The zero-order chi connectivity index (χ0) is 31.2. The molecule has 0 bridgehead atoms. The molecule has 0 unspecified atom stereocenters. The second kappa shape index (κ2) is 17.5. The lowest BCUT2D eigenvalue weighted by Crippen LogP contribution is -2.35. The minimum Gasteiger partial charge on any atom is -0.302 e. The predicted octanol–water partition coefficient (Wildman–Crippen LogP) is 7.69. The van der Waals surface area contributed by atoms with E-state index in [1.807, 2.05) is 0 Å². The van der Waals surface area contributed by atoms with Crippen LogP contribution in [0.2, 0.25) is 0 Å². The zero-order valence-corrected chi connectivity index (χ0v) is 29.0. The first kappa shape index (κ1) is 32.5. The molecule has 0 N–H and O–H groups in total. The van der Waals surface area contributed by atoms with Crippen LogP contribution >= 0.6 is 23.8 Å². The van der Waals surface area contributed by atoms with Crippen LogP contribution in [0.3, 0.4) is 0 Å². The quantitative estimate of drug-likeness (QED) is 0.103. The van der Waals surface area contributed by atoms with E-state index in [9.17, 15) is 0 Å². The van der Waals surface area contributed by atoms with E-state index in [0.717, 1.165) is 38.1 Å². The van der Waals surface area contributed by atoms with Crippen molar-refractivity contribution in [2.45, 2.75) is 0 Å². The zero-order valence-electron chi connectivity index (χ0n) is 26.4.